The molecule has 0 saturated carbocycles. The molecular weight excluding hydrogens is 1830 g/mol. The Morgan fingerprint density at radius 3 is 0.692 bits per heavy atom. The molecule has 24 aromatic rings. The first-order valence-electron chi connectivity index (χ1n) is 49.7. The lowest BCUT2D eigenvalue weighted by molar-refractivity contribution is 0.722. The van der Waals surface area contributed by atoms with E-state index in [0.717, 1.165) is 101 Å². The molecule has 0 atom stereocenters. The molecule has 0 fully saturated rings. The van der Waals surface area contributed by atoms with Gasteiger partial charge in [0, 0.05) is 79.1 Å². The molecule has 0 saturated heterocycles. The van der Waals surface area contributed by atoms with Crippen molar-refractivity contribution in [3.8, 4) is 146 Å². The predicted molar refractivity (Wildman–Crippen MR) is 600 cm³/mol. The quantitative estimate of drug-likeness (QED) is 0.133. The second-order valence-electron chi connectivity index (χ2n) is 37.9. The van der Waals surface area contributed by atoms with E-state index in [-0.39, 0.29) is 16.2 Å². The summed E-state index contributed by atoms with van der Waals surface area (Å²) in [4.78, 5) is 38.0. The van der Waals surface area contributed by atoms with Crippen LogP contribution in [0.5, 0.6) is 0 Å². The normalized spacial score (nSPS) is 13.4. The highest BCUT2D eigenvalue weighted by Gasteiger charge is 2.54. The van der Waals surface area contributed by atoms with Gasteiger partial charge in [-0.25, -0.2) is 29.9 Å². The molecule has 9 heteroatoms. The standard InChI is InChI=1S/C47H30N2S.2C45H28N2S/c1-3-13-32(14-4-1)42-30-43(49-46(48-42)34-15-5-2-6-16-34)33-25-23-31(24-26-33)35-27-28-39-37(29-35)36-17-7-8-18-38(36)47(39)40-19-9-11-21-44(40)50-45-22-12-10-20-41(45)47;1-2-12-31(13-3-1)44-46-40-19-9-5-15-34(40)43(47-44)30-24-22-29(23-25-30)32-26-27-37-35(28-32)33-14-4-6-16-36(33)45(37)38-17-7-10-20-41(38)48-42-21-11-8-18-39(42)45;1-2-12-30(13-3-1)43-34-15-5-9-19-40(34)46-44(47-43)31-24-22-29(23-25-31)32-26-27-37-35(28-32)33-14-4-6-16-36(33)45(37)38-17-7-10-20-41(38)48-42-21-11-8-18-39(42)45/h1-30H;2*1-28H. The average molecular weight is 1910 g/mol. The molecule has 0 N–H and O–H groups in total. The van der Waals surface area contributed by atoms with Gasteiger partial charge in [0.2, 0.25) is 0 Å². The minimum absolute atomic E-state index is 0.350. The number of hydrogen-bond acceptors (Lipinski definition) is 9. The van der Waals surface area contributed by atoms with Crippen LogP contribution in [0, 0.1) is 0 Å². The lowest BCUT2D eigenvalue weighted by Gasteiger charge is -2.39. The summed E-state index contributed by atoms with van der Waals surface area (Å²) in [6.07, 6.45) is 0. The molecule has 682 valence electrons. The van der Waals surface area contributed by atoms with E-state index in [1.54, 1.807) is 0 Å². The van der Waals surface area contributed by atoms with Crippen molar-refractivity contribution in [3.05, 3.63) is 588 Å². The minimum Gasteiger partial charge on any atom is -0.228 e. The molecule has 30 rings (SSSR count). The first kappa shape index (κ1) is 86.3. The number of benzene rings is 21. The second kappa shape index (κ2) is 35.5. The Kier molecular flexibility index (Phi) is 21.0. The average Bonchev–Trinajstić information content (AvgIpc) is 1.52. The van der Waals surface area contributed by atoms with E-state index < -0.39 is 0 Å². The third-order valence-electron chi connectivity index (χ3n) is 30.1. The fraction of sp³-hybridized carbons (Fsp3) is 0.0219. The topological polar surface area (TPSA) is 77.3 Å². The summed E-state index contributed by atoms with van der Waals surface area (Å²) in [5.41, 5.74) is 43.1. The zero-order chi connectivity index (χ0) is 96.4. The van der Waals surface area contributed by atoms with Crippen LogP contribution in [0.15, 0.2) is 551 Å². The van der Waals surface area contributed by atoms with Crippen molar-refractivity contribution in [3.63, 3.8) is 0 Å². The largest absolute Gasteiger partial charge is 0.228 e. The van der Waals surface area contributed by atoms with E-state index in [1.807, 2.05) is 102 Å². The van der Waals surface area contributed by atoms with Crippen LogP contribution in [0.1, 0.15) is 66.8 Å². The Bertz CT molecular complexity index is 9140. The fourth-order valence-electron chi connectivity index (χ4n) is 23.7. The molecule has 3 aliphatic carbocycles. The molecule has 6 heterocycles. The van der Waals surface area contributed by atoms with E-state index >= 15 is 0 Å². The number of hydrogen-bond donors (Lipinski definition) is 0. The van der Waals surface area contributed by atoms with E-state index in [0.29, 0.717) is 0 Å². The number of rotatable bonds is 10. The highest BCUT2D eigenvalue weighted by atomic mass is 32.2. The molecule has 0 radical (unpaired) electrons. The van der Waals surface area contributed by atoms with Gasteiger partial charge in [0.25, 0.3) is 0 Å². The Balaban J connectivity index is 0.000000106. The Hall–Kier alpha value is -17.6. The third-order valence-corrected chi connectivity index (χ3v) is 33.6. The Morgan fingerprint density at radius 2 is 0.356 bits per heavy atom. The van der Waals surface area contributed by atoms with Crippen LogP contribution < -0.4 is 0 Å². The Morgan fingerprint density at radius 1 is 0.137 bits per heavy atom. The van der Waals surface area contributed by atoms with E-state index in [4.69, 9.17) is 29.9 Å². The van der Waals surface area contributed by atoms with Crippen molar-refractivity contribution in [2.24, 2.45) is 0 Å². The SMILES string of the molecule is c1ccc(-c2cc(-c3ccc(-c4ccc5c(c4)-c4ccccc4C54c5ccccc5Sc5ccccc54)cc3)nc(-c3ccccc3)n2)cc1.c1ccc(-c2nc(-c3ccc(-c4ccc5c(c4)-c4ccccc4C54c5ccccc5Sc5ccccc54)cc3)c3ccccc3n2)cc1.c1ccc(-c2nc(-c3ccc(-c4ccc5c(c4)-c4ccccc4C54c5ccccc5Sc5ccccc54)cc3)nc3ccccc23)cc1. The number of fused-ring (bicyclic) bond motifs is 29. The molecule has 0 amide bonds. The summed E-state index contributed by atoms with van der Waals surface area (Å²) >= 11 is 5.65. The van der Waals surface area contributed by atoms with Gasteiger partial charge in [-0.05, 0) is 206 Å². The highest BCUT2D eigenvalue weighted by molar-refractivity contribution is 8.00. The first-order chi connectivity index (χ1) is 72.3. The smallest absolute Gasteiger partial charge is 0.160 e. The zero-order valence-electron chi connectivity index (χ0n) is 79.1. The van der Waals surface area contributed by atoms with Gasteiger partial charge < -0.3 is 0 Å². The van der Waals surface area contributed by atoms with Crippen LogP contribution >= 0.6 is 35.3 Å². The third kappa shape index (κ3) is 14.0. The molecule has 0 bridgehead atoms. The van der Waals surface area contributed by atoms with Crippen molar-refractivity contribution in [1.29, 1.82) is 0 Å². The molecular formula is C137H86N6S3. The fourth-order valence-corrected chi connectivity index (χ4v) is 27.3. The van der Waals surface area contributed by atoms with Crippen molar-refractivity contribution >= 4 is 57.1 Å². The molecule has 3 aromatic heterocycles. The summed E-state index contributed by atoms with van der Waals surface area (Å²) in [5, 5.41) is 2.11. The number of nitrogens with zero attached hydrogens (tertiary/aromatic N) is 6. The van der Waals surface area contributed by atoms with E-state index in [9.17, 15) is 0 Å². The maximum atomic E-state index is 5.09. The maximum absolute atomic E-state index is 5.09. The van der Waals surface area contributed by atoms with Crippen LogP contribution in [-0.4, -0.2) is 29.9 Å². The van der Waals surface area contributed by atoms with E-state index in [1.165, 1.54) is 163 Å². The molecule has 6 aliphatic rings. The summed E-state index contributed by atoms with van der Waals surface area (Å²) in [5.74, 6) is 2.20. The van der Waals surface area contributed by atoms with Crippen molar-refractivity contribution < 1.29 is 0 Å². The van der Waals surface area contributed by atoms with Gasteiger partial charge >= 0.3 is 0 Å². The molecule has 0 unspecified atom stereocenters. The van der Waals surface area contributed by atoms with Gasteiger partial charge in [-0.1, -0.05) is 484 Å². The summed E-state index contributed by atoms with van der Waals surface area (Å²) in [7, 11) is 0. The van der Waals surface area contributed by atoms with Gasteiger partial charge in [0.15, 0.2) is 17.5 Å². The van der Waals surface area contributed by atoms with Crippen molar-refractivity contribution in [1.82, 2.24) is 29.9 Å². The molecule has 6 nitrogen and oxygen atoms in total. The highest BCUT2D eigenvalue weighted by Crippen LogP contribution is 2.67. The first-order valence-corrected chi connectivity index (χ1v) is 52.1. The second-order valence-corrected chi connectivity index (χ2v) is 41.2. The lowest BCUT2D eigenvalue weighted by atomic mass is 9.67. The van der Waals surface area contributed by atoms with Crippen LogP contribution in [0.25, 0.3) is 168 Å². The maximum Gasteiger partial charge on any atom is 0.160 e. The summed E-state index contributed by atoms with van der Waals surface area (Å²) in [6.45, 7) is 0. The molecule has 21 aromatic carbocycles. The number of para-hydroxylation sites is 2. The van der Waals surface area contributed by atoms with Gasteiger partial charge in [-0.2, -0.15) is 0 Å². The van der Waals surface area contributed by atoms with E-state index in [2.05, 4.69) is 455 Å². The zero-order valence-corrected chi connectivity index (χ0v) is 81.5. The van der Waals surface area contributed by atoms with Gasteiger partial charge in [-0.3, -0.25) is 0 Å². The summed E-state index contributed by atoms with van der Waals surface area (Å²) in [6, 6.07) is 188. The molecule has 146 heavy (non-hydrogen) atoms. The van der Waals surface area contributed by atoms with Gasteiger partial charge in [0.05, 0.1) is 50.1 Å². The summed E-state index contributed by atoms with van der Waals surface area (Å²) < 4.78 is 0. The lowest BCUT2D eigenvalue weighted by Crippen LogP contribution is -2.31. The molecule has 3 spiro atoms. The van der Waals surface area contributed by atoms with Crippen LogP contribution in [-0.2, 0) is 16.2 Å². The van der Waals surface area contributed by atoms with Crippen LogP contribution in [0.4, 0.5) is 0 Å². The molecule has 3 aliphatic heterocycles. The monoisotopic (exact) mass is 1910 g/mol. The van der Waals surface area contributed by atoms with Crippen LogP contribution in [0.3, 0.4) is 0 Å². The van der Waals surface area contributed by atoms with Gasteiger partial charge in [-0.15, -0.1) is 0 Å². The van der Waals surface area contributed by atoms with Gasteiger partial charge in [0.1, 0.15) is 0 Å². The van der Waals surface area contributed by atoms with Crippen molar-refractivity contribution in [2.45, 2.75) is 45.6 Å². The number of aromatic nitrogens is 6. The minimum atomic E-state index is -0.354. The van der Waals surface area contributed by atoms with Crippen LogP contribution in [0.2, 0.25) is 0 Å². The predicted octanol–water partition coefficient (Wildman–Crippen LogP) is 34.9. The van der Waals surface area contributed by atoms with Crippen molar-refractivity contribution in [2.75, 3.05) is 0 Å². The Labute approximate surface area is 860 Å².